The van der Waals surface area contributed by atoms with Crippen LogP contribution in [0.1, 0.15) is 48.0 Å². The first kappa shape index (κ1) is 15.1. The monoisotopic (exact) mass is 318 g/mol. The normalized spacial score (nSPS) is 19.4. The van der Waals surface area contributed by atoms with E-state index in [0.717, 1.165) is 30.6 Å². The molecule has 0 unspecified atom stereocenters. The number of rotatable bonds is 3. The van der Waals surface area contributed by atoms with Crippen molar-refractivity contribution >= 4 is 17.4 Å². The number of hydrogen-bond acceptors (Lipinski definition) is 3. The van der Waals surface area contributed by atoms with Gasteiger partial charge < -0.3 is 10.2 Å². The van der Waals surface area contributed by atoms with E-state index in [4.69, 9.17) is 0 Å². The number of hydrogen-bond donors (Lipinski definition) is 1. The molecule has 1 aliphatic rings. The molecule has 1 saturated heterocycles. The number of aryl methyl sites for hydroxylation is 1. The van der Waals surface area contributed by atoms with Crippen molar-refractivity contribution < 1.29 is 4.79 Å². The highest BCUT2D eigenvalue weighted by Crippen LogP contribution is 2.34. The first-order valence-electron chi connectivity index (χ1n) is 7.67. The Hall–Kier alpha value is -1.82. The maximum Gasteiger partial charge on any atom is 0.318 e. The number of carbonyl (C=O) groups is 1. The molecule has 1 N–H and O–H groups in total. The highest BCUT2D eigenvalue weighted by Gasteiger charge is 2.31. The Balaban J connectivity index is 1.70. The van der Waals surface area contributed by atoms with Gasteiger partial charge in [-0.1, -0.05) is 6.07 Å². The molecule has 1 fully saturated rings. The Morgan fingerprint density at radius 1 is 1.55 bits per heavy atom. The van der Waals surface area contributed by atoms with Gasteiger partial charge >= 0.3 is 6.03 Å². The molecule has 2 atom stereocenters. The molecule has 2 aromatic rings. The number of carbonyl (C=O) groups excluding carboxylic acids is 1. The van der Waals surface area contributed by atoms with Crippen molar-refractivity contribution in [2.75, 3.05) is 6.54 Å². The van der Waals surface area contributed by atoms with Gasteiger partial charge in [-0.05, 0) is 38.1 Å². The lowest BCUT2D eigenvalue weighted by Gasteiger charge is -2.26. The number of thiophene rings is 1. The van der Waals surface area contributed by atoms with Crippen LogP contribution in [0.15, 0.2) is 23.7 Å². The van der Waals surface area contributed by atoms with E-state index in [1.807, 2.05) is 36.7 Å². The third-order valence-electron chi connectivity index (χ3n) is 4.46. The summed E-state index contributed by atoms with van der Waals surface area (Å²) in [6, 6.07) is 4.38. The number of urea groups is 1. The number of amides is 2. The lowest BCUT2D eigenvalue weighted by molar-refractivity contribution is 0.190. The molecule has 0 spiro atoms. The van der Waals surface area contributed by atoms with Crippen molar-refractivity contribution in [1.29, 1.82) is 0 Å². The van der Waals surface area contributed by atoms with Crippen LogP contribution >= 0.6 is 11.3 Å². The number of nitrogens with zero attached hydrogens (tertiary/aromatic N) is 3. The fraction of sp³-hybridized carbons (Fsp3) is 0.500. The van der Waals surface area contributed by atoms with Crippen LogP contribution in [0, 0.1) is 6.92 Å². The van der Waals surface area contributed by atoms with E-state index in [-0.39, 0.29) is 18.1 Å². The fourth-order valence-corrected chi connectivity index (χ4v) is 3.95. The molecule has 22 heavy (non-hydrogen) atoms. The lowest BCUT2D eigenvalue weighted by Crippen LogP contribution is -2.40. The van der Waals surface area contributed by atoms with Crippen molar-refractivity contribution in [2.45, 2.75) is 38.8 Å². The van der Waals surface area contributed by atoms with Gasteiger partial charge in [-0.2, -0.15) is 5.10 Å². The van der Waals surface area contributed by atoms with Gasteiger partial charge in [-0.25, -0.2) is 4.79 Å². The van der Waals surface area contributed by atoms with E-state index in [9.17, 15) is 4.79 Å². The highest BCUT2D eigenvalue weighted by molar-refractivity contribution is 7.10. The summed E-state index contributed by atoms with van der Waals surface area (Å²) in [5.41, 5.74) is 2.16. The molecular weight excluding hydrogens is 296 g/mol. The van der Waals surface area contributed by atoms with Crippen LogP contribution in [0.5, 0.6) is 0 Å². The molecular formula is C16H22N4OS. The van der Waals surface area contributed by atoms with Crippen LogP contribution in [-0.4, -0.2) is 27.3 Å². The number of likely N-dealkylation sites (tertiary alicyclic amines) is 1. The van der Waals surface area contributed by atoms with Crippen molar-refractivity contribution in [3.05, 3.63) is 39.8 Å². The molecule has 2 aromatic heterocycles. The Bertz CT molecular complexity index is 649. The second-order valence-electron chi connectivity index (χ2n) is 5.85. The second-order valence-corrected chi connectivity index (χ2v) is 6.83. The minimum atomic E-state index is -0.0363. The Morgan fingerprint density at radius 3 is 3.00 bits per heavy atom. The average Bonchev–Trinajstić information content (AvgIpc) is 3.20. The summed E-state index contributed by atoms with van der Waals surface area (Å²) >= 11 is 1.73. The molecule has 5 nitrogen and oxygen atoms in total. The quantitative estimate of drug-likeness (QED) is 0.943. The molecule has 1 aliphatic heterocycles. The topological polar surface area (TPSA) is 50.2 Å². The largest absolute Gasteiger partial charge is 0.331 e. The van der Waals surface area contributed by atoms with Gasteiger partial charge in [-0.3, -0.25) is 4.68 Å². The van der Waals surface area contributed by atoms with E-state index in [2.05, 4.69) is 27.9 Å². The summed E-state index contributed by atoms with van der Waals surface area (Å²) in [5, 5.41) is 9.45. The van der Waals surface area contributed by atoms with Crippen molar-refractivity contribution in [3.63, 3.8) is 0 Å². The molecule has 118 valence electrons. The van der Waals surface area contributed by atoms with Gasteiger partial charge in [0.1, 0.15) is 0 Å². The van der Waals surface area contributed by atoms with E-state index >= 15 is 0 Å². The molecule has 3 rings (SSSR count). The zero-order valence-electron chi connectivity index (χ0n) is 13.2. The first-order chi connectivity index (χ1) is 10.6. The van der Waals surface area contributed by atoms with Crippen molar-refractivity contribution in [2.24, 2.45) is 7.05 Å². The second kappa shape index (κ2) is 6.12. The van der Waals surface area contributed by atoms with Gasteiger partial charge in [0.25, 0.3) is 0 Å². The van der Waals surface area contributed by atoms with Gasteiger partial charge in [-0.15, -0.1) is 11.3 Å². The predicted molar refractivity (Wildman–Crippen MR) is 87.9 cm³/mol. The lowest BCUT2D eigenvalue weighted by atomic mass is 10.1. The fourth-order valence-electron chi connectivity index (χ4n) is 3.07. The Labute approximate surface area is 134 Å². The zero-order chi connectivity index (χ0) is 15.7. The minimum Gasteiger partial charge on any atom is -0.331 e. The summed E-state index contributed by atoms with van der Waals surface area (Å²) in [6.07, 6.45) is 3.95. The van der Waals surface area contributed by atoms with Crippen LogP contribution in [-0.2, 0) is 7.05 Å². The molecule has 6 heteroatoms. The summed E-state index contributed by atoms with van der Waals surface area (Å²) < 4.78 is 1.84. The van der Waals surface area contributed by atoms with Crippen molar-refractivity contribution in [1.82, 2.24) is 20.0 Å². The summed E-state index contributed by atoms with van der Waals surface area (Å²) in [5.74, 6) is 0. The maximum absolute atomic E-state index is 12.6. The molecule has 0 bridgehead atoms. The van der Waals surface area contributed by atoms with Gasteiger partial charge in [0.15, 0.2) is 0 Å². The van der Waals surface area contributed by atoms with Gasteiger partial charge in [0, 0.05) is 29.7 Å². The van der Waals surface area contributed by atoms with E-state index in [1.54, 1.807) is 11.3 Å². The standard InChI is InChI=1S/C16H22N4OS/c1-11(13-10-17-19(3)12(13)2)18-16(21)20-8-4-6-14(20)15-7-5-9-22-15/h5,7,9-11,14H,4,6,8H2,1-3H3,(H,18,21)/t11-,14-/m0/s1. The van der Waals surface area contributed by atoms with Gasteiger partial charge in [0.2, 0.25) is 0 Å². The first-order valence-corrected chi connectivity index (χ1v) is 8.55. The SMILES string of the molecule is Cc1c([C@H](C)NC(=O)N2CCC[C@H]2c2cccs2)cnn1C. The van der Waals surface area contributed by atoms with Crippen molar-refractivity contribution in [3.8, 4) is 0 Å². The molecule has 0 radical (unpaired) electrons. The van der Waals surface area contributed by atoms with Crippen LogP contribution < -0.4 is 5.32 Å². The Kier molecular flexibility index (Phi) is 4.20. The van der Waals surface area contributed by atoms with E-state index in [0.29, 0.717) is 0 Å². The molecule has 0 aromatic carbocycles. The van der Waals surface area contributed by atoms with Crippen LogP contribution in [0.3, 0.4) is 0 Å². The van der Waals surface area contributed by atoms with E-state index in [1.165, 1.54) is 4.88 Å². The summed E-state index contributed by atoms with van der Waals surface area (Å²) in [7, 11) is 1.92. The molecule has 2 amide bonds. The van der Waals surface area contributed by atoms with E-state index < -0.39 is 0 Å². The maximum atomic E-state index is 12.6. The summed E-state index contributed by atoms with van der Waals surface area (Å²) in [6.45, 7) is 4.86. The zero-order valence-corrected chi connectivity index (χ0v) is 14.1. The average molecular weight is 318 g/mol. The van der Waals surface area contributed by atoms with Crippen LogP contribution in [0.25, 0.3) is 0 Å². The molecule has 3 heterocycles. The van der Waals surface area contributed by atoms with Crippen LogP contribution in [0.2, 0.25) is 0 Å². The Morgan fingerprint density at radius 2 is 2.36 bits per heavy atom. The highest BCUT2D eigenvalue weighted by atomic mass is 32.1. The smallest absolute Gasteiger partial charge is 0.318 e. The third kappa shape index (κ3) is 2.75. The molecule has 0 aliphatic carbocycles. The van der Waals surface area contributed by atoms with Gasteiger partial charge in [0.05, 0.1) is 18.3 Å². The number of aromatic nitrogens is 2. The minimum absolute atomic E-state index is 0.0200. The predicted octanol–water partition coefficient (Wildman–Crippen LogP) is 3.40. The molecule has 0 saturated carbocycles. The number of nitrogens with one attached hydrogen (secondary N) is 1. The summed E-state index contributed by atoms with van der Waals surface area (Å²) in [4.78, 5) is 15.9. The van der Waals surface area contributed by atoms with Crippen LogP contribution in [0.4, 0.5) is 4.79 Å². The third-order valence-corrected chi connectivity index (χ3v) is 5.44.